The number of hydrogen-bond donors (Lipinski definition) is 1. The molecule has 0 aliphatic carbocycles. The molecule has 0 unspecified atom stereocenters. The number of carbonyl (C=O) groups is 1. The van der Waals surface area contributed by atoms with Gasteiger partial charge in [-0.15, -0.1) is 0 Å². The van der Waals surface area contributed by atoms with E-state index >= 15 is 0 Å². The van der Waals surface area contributed by atoms with Gasteiger partial charge in [0.25, 0.3) is 5.91 Å². The van der Waals surface area contributed by atoms with E-state index < -0.39 is 0 Å². The predicted molar refractivity (Wildman–Crippen MR) is 114 cm³/mol. The first kappa shape index (κ1) is 19.8. The van der Waals surface area contributed by atoms with Crippen molar-refractivity contribution >= 4 is 16.9 Å². The Labute approximate surface area is 174 Å². The highest BCUT2D eigenvalue weighted by Crippen LogP contribution is 2.30. The summed E-state index contributed by atoms with van der Waals surface area (Å²) >= 11 is 0. The van der Waals surface area contributed by atoms with E-state index in [1.165, 1.54) is 0 Å². The number of furan rings is 1. The number of fused-ring (bicyclic) bond motifs is 1. The van der Waals surface area contributed by atoms with Crippen LogP contribution in [0.2, 0.25) is 0 Å². The SMILES string of the molecule is Cc1cc(-c2cc(C(=O)NOCc3ccccc3)c3cnn(C(C)C)c3n2)c(C)o1. The summed E-state index contributed by atoms with van der Waals surface area (Å²) in [5.41, 5.74) is 6.13. The monoisotopic (exact) mass is 404 g/mol. The zero-order valence-corrected chi connectivity index (χ0v) is 17.5. The van der Waals surface area contributed by atoms with Gasteiger partial charge in [0.1, 0.15) is 11.5 Å². The van der Waals surface area contributed by atoms with Gasteiger partial charge in [0.2, 0.25) is 0 Å². The van der Waals surface area contributed by atoms with E-state index in [1.54, 1.807) is 12.3 Å². The summed E-state index contributed by atoms with van der Waals surface area (Å²) in [5.74, 6) is 1.20. The molecule has 7 nitrogen and oxygen atoms in total. The second-order valence-corrected chi connectivity index (χ2v) is 7.51. The zero-order valence-electron chi connectivity index (χ0n) is 17.5. The average molecular weight is 404 g/mol. The number of nitrogens with zero attached hydrogens (tertiary/aromatic N) is 3. The van der Waals surface area contributed by atoms with Crippen LogP contribution in [-0.2, 0) is 11.4 Å². The molecule has 7 heteroatoms. The summed E-state index contributed by atoms with van der Waals surface area (Å²) in [6, 6.07) is 13.4. The van der Waals surface area contributed by atoms with Gasteiger partial charge in [-0.1, -0.05) is 30.3 Å². The van der Waals surface area contributed by atoms with E-state index in [0.29, 0.717) is 22.3 Å². The second-order valence-electron chi connectivity index (χ2n) is 7.51. The molecule has 1 aromatic carbocycles. The van der Waals surface area contributed by atoms with E-state index in [1.807, 2.05) is 68.8 Å². The van der Waals surface area contributed by atoms with Crippen LogP contribution in [0.4, 0.5) is 0 Å². The number of nitrogens with one attached hydrogen (secondary N) is 1. The number of carbonyl (C=O) groups excluding carboxylic acids is 1. The molecular formula is C23H24N4O3. The van der Waals surface area contributed by atoms with Crippen LogP contribution >= 0.6 is 0 Å². The Hall–Kier alpha value is -3.45. The van der Waals surface area contributed by atoms with Crippen molar-refractivity contribution < 1.29 is 14.0 Å². The first-order valence-electron chi connectivity index (χ1n) is 9.85. The van der Waals surface area contributed by atoms with Gasteiger partial charge in [-0.25, -0.2) is 15.1 Å². The third kappa shape index (κ3) is 3.84. The maximum absolute atomic E-state index is 13.0. The highest BCUT2D eigenvalue weighted by Gasteiger charge is 2.20. The lowest BCUT2D eigenvalue weighted by Gasteiger charge is -2.11. The van der Waals surface area contributed by atoms with Crippen LogP contribution in [0.5, 0.6) is 0 Å². The Balaban J connectivity index is 1.70. The lowest BCUT2D eigenvalue weighted by Crippen LogP contribution is -2.24. The highest BCUT2D eigenvalue weighted by atomic mass is 16.6. The van der Waals surface area contributed by atoms with Crippen LogP contribution in [0, 0.1) is 13.8 Å². The van der Waals surface area contributed by atoms with Crippen LogP contribution < -0.4 is 5.48 Å². The van der Waals surface area contributed by atoms with Gasteiger partial charge in [-0.3, -0.25) is 9.63 Å². The smallest absolute Gasteiger partial charge is 0.275 e. The van der Waals surface area contributed by atoms with Crippen molar-refractivity contribution in [1.82, 2.24) is 20.2 Å². The number of hydroxylamine groups is 1. The first-order valence-corrected chi connectivity index (χ1v) is 9.85. The van der Waals surface area contributed by atoms with E-state index in [4.69, 9.17) is 14.2 Å². The third-order valence-electron chi connectivity index (χ3n) is 4.86. The molecule has 1 amide bonds. The third-order valence-corrected chi connectivity index (χ3v) is 4.86. The molecule has 0 spiro atoms. The second kappa shape index (κ2) is 8.12. The van der Waals surface area contributed by atoms with Gasteiger partial charge < -0.3 is 4.42 Å². The number of benzene rings is 1. The first-order chi connectivity index (χ1) is 14.4. The van der Waals surface area contributed by atoms with Crippen LogP contribution in [0.3, 0.4) is 0 Å². The molecule has 0 radical (unpaired) electrons. The number of aryl methyl sites for hydroxylation is 2. The highest BCUT2D eigenvalue weighted by molar-refractivity contribution is 6.06. The lowest BCUT2D eigenvalue weighted by atomic mass is 10.1. The quantitative estimate of drug-likeness (QED) is 0.469. The summed E-state index contributed by atoms with van der Waals surface area (Å²) in [7, 11) is 0. The van der Waals surface area contributed by atoms with Crippen molar-refractivity contribution in [2.75, 3.05) is 0 Å². The normalized spacial score (nSPS) is 11.4. The van der Waals surface area contributed by atoms with E-state index in [9.17, 15) is 4.79 Å². The number of hydrogen-bond acceptors (Lipinski definition) is 5. The minimum Gasteiger partial charge on any atom is -0.466 e. The molecule has 0 atom stereocenters. The molecule has 1 N–H and O–H groups in total. The fourth-order valence-electron chi connectivity index (χ4n) is 3.42. The average Bonchev–Trinajstić information content (AvgIpc) is 3.30. The van der Waals surface area contributed by atoms with E-state index in [2.05, 4.69) is 10.6 Å². The zero-order chi connectivity index (χ0) is 21.3. The number of amides is 1. The number of rotatable bonds is 6. The van der Waals surface area contributed by atoms with E-state index in [0.717, 1.165) is 22.6 Å². The summed E-state index contributed by atoms with van der Waals surface area (Å²) in [5, 5.41) is 5.11. The topological polar surface area (TPSA) is 82.2 Å². The van der Waals surface area contributed by atoms with Crippen molar-refractivity contribution in [1.29, 1.82) is 0 Å². The summed E-state index contributed by atoms with van der Waals surface area (Å²) in [4.78, 5) is 23.2. The van der Waals surface area contributed by atoms with Gasteiger partial charge in [0.15, 0.2) is 5.65 Å². The largest absolute Gasteiger partial charge is 0.466 e. The van der Waals surface area contributed by atoms with Gasteiger partial charge in [0, 0.05) is 11.6 Å². The molecule has 30 heavy (non-hydrogen) atoms. The summed E-state index contributed by atoms with van der Waals surface area (Å²) < 4.78 is 7.47. The predicted octanol–water partition coefficient (Wildman–Crippen LogP) is 4.75. The molecule has 0 aliphatic rings. The molecule has 4 rings (SSSR count). The van der Waals surface area contributed by atoms with Crippen LogP contribution in [0.25, 0.3) is 22.3 Å². The molecule has 0 saturated carbocycles. The van der Waals surface area contributed by atoms with Gasteiger partial charge in [-0.05, 0) is 45.4 Å². The fraction of sp³-hybridized carbons (Fsp3) is 0.261. The molecular weight excluding hydrogens is 380 g/mol. The Morgan fingerprint density at radius 2 is 1.97 bits per heavy atom. The van der Waals surface area contributed by atoms with Crippen LogP contribution in [-0.4, -0.2) is 20.7 Å². The molecule has 3 aromatic heterocycles. The molecule has 0 saturated heterocycles. The molecule has 4 aromatic rings. The lowest BCUT2D eigenvalue weighted by molar-refractivity contribution is 0.0235. The van der Waals surface area contributed by atoms with Crippen molar-refractivity contribution in [2.45, 2.75) is 40.3 Å². The van der Waals surface area contributed by atoms with Crippen molar-refractivity contribution in [3.05, 3.63) is 71.3 Å². The Kier molecular flexibility index (Phi) is 5.37. The molecule has 0 bridgehead atoms. The van der Waals surface area contributed by atoms with Crippen molar-refractivity contribution in [2.24, 2.45) is 0 Å². The van der Waals surface area contributed by atoms with Crippen LogP contribution in [0.1, 0.15) is 47.3 Å². The van der Waals surface area contributed by atoms with Crippen molar-refractivity contribution in [3.8, 4) is 11.3 Å². The standard InChI is InChI=1S/C23H24N4O3/c1-14(2)27-22-20(12-24-27)19(11-21(25-22)18-10-15(3)30-16(18)4)23(28)26-29-13-17-8-6-5-7-9-17/h5-12,14H,13H2,1-4H3,(H,26,28). The molecule has 0 aliphatic heterocycles. The Bertz CT molecular complexity index is 1190. The maximum Gasteiger partial charge on any atom is 0.275 e. The summed E-state index contributed by atoms with van der Waals surface area (Å²) in [6.07, 6.45) is 1.67. The van der Waals surface area contributed by atoms with Gasteiger partial charge in [0.05, 0.1) is 29.4 Å². The van der Waals surface area contributed by atoms with Gasteiger partial charge >= 0.3 is 0 Å². The minimum absolute atomic E-state index is 0.0997. The fourth-order valence-corrected chi connectivity index (χ4v) is 3.42. The van der Waals surface area contributed by atoms with Crippen molar-refractivity contribution in [3.63, 3.8) is 0 Å². The molecule has 0 fully saturated rings. The number of pyridine rings is 1. The molecule has 154 valence electrons. The Morgan fingerprint density at radius 1 is 1.20 bits per heavy atom. The van der Waals surface area contributed by atoms with Gasteiger partial charge in [-0.2, -0.15) is 5.10 Å². The minimum atomic E-state index is -0.347. The maximum atomic E-state index is 13.0. The van der Waals surface area contributed by atoms with E-state index in [-0.39, 0.29) is 18.6 Å². The molecule has 3 heterocycles. The number of aromatic nitrogens is 3. The summed E-state index contributed by atoms with van der Waals surface area (Å²) in [6.45, 7) is 8.10. The Morgan fingerprint density at radius 3 is 2.63 bits per heavy atom. The van der Waals surface area contributed by atoms with Crippen LogP contribution in [0.15, 0.2) is 53.1 Å².